The molecule has 4 rings (SSSR count). The molecular weight excluding hydrogens is 326 g/mol. The monoisotopic (exact) mass is 357 g/mol. The van der Waals surface area contributed by atoms with E-state index in [1.54, 1.807) is 0 Å². The molecule has 1 saturated heterocycles. The number of hydrogen-bond donors (Lipinski definition) is 1. The molecule has 3 aromatic rings. The third-order valence-electron chi connectivity index (χ3n) is 6.99. The lowest BCUT2D eigenvalue weighted by Crippen LogP contribution is -2.17. The van der Waals surface area contributed by atoms with E-state index >= 15 is 0 Å². The first-order valence-electron chi connectivity index (χ1n) is 10.2. The summed E-state index contributed by atoms with van der Waals surface area (Å²) in [6.07, 6.45) is 2.50. The smallest absolute Gasteiger partial charge is 0.0329 e. The lowest BCUT2D eigenvalue weighted by atomic mass is 9.80. The summed E-state index contributed by atoms with van der Waals surface area (Å²) < 4.78 is 0. The molecule has 1 N–H and O–H groups in total. The van der Waals surface area contributed by atoms with Gasteiger partial charge in [0, 0.05) is 6.04 Å². The van der Waals surface area contributed by atoms with Crippen LogP contribution in [0.4, 0.5) is 0 Å². The van der Waals surface area contributed by atoms with Gasteiger partial charge in [-0.25, -0.2) is 0 Å². The molecule has 1 nitrogen and oxygen atoms in total. The Labute approximate surface area is 163 Å². The second-order valence-corrected chi connectivity index (χ2v) is 8.35. The zero-order valence-electron chi connectivity index (χ0n) is 17.6. The van der Waals surface area contributed by atoms with Gasteiger partial charge in [-0.3, -0.25) is 0 Å². The van der Waals surface area contributed by atoms with Gasteiger partial charge in [-0.15, -0.1) is 0 Å². The Balaban J connectivity index is 2.14. The first kappa shape index (κ1) is 18.3. The summed E-state index contributed by atoms with van der Waals surface area (Å²) in [5.41, 5.74) is 13.0. The van der Waals surface area contributed by atoms with Gasteiger partial charge in [0.1, 0.15) is 0 Å². The lowest BCUT2D eigenvalue weighted by molar-refractivity contribution is 0.644. The van der Waals surface area contributed by atoms with Crippen LogP contribution in [0.3, 0.4) is 0 Å². The van der Waals surface area contributed by atoms with E-state index in [-0.39, 0.29) is 0 Å². The van der Waals surface area contributed by atoms with Crippen LogP contribution in [0.15, 0.2) is 30.3 Å². The Morgan fingerprint density at radius 1 is 0.778 bits per heavy atom. The van der Waals surface area contributed by atoms with Gasteiger partial charge in [0.15, 0.2) is 0 Å². The maximum Gasteiger partial charge on any atom is 0.0329 e. The molecule has 1 heteroatoms. The van der Waals surface area contributed by atoms with Crippen molar-refractivity contribution >= 4 is 10.8 Å². The molecule has 1 fully saturated rings. The number of aryl methyl sites for hydroxylation is 2. The van der Waals surface area contributed by atoms with Gasteiger partial charge in [-0.05, 0) is 122 Å². The molecule has 140 valence electrons. The van der Waals surface area contributed by atoms with Gasteiger partial charge in [0.2, 0.25) is 0 Å². The van der Waals surface area contributed by atoms with Crippen LogP contribution in [0.5, 0.6) is 0 Å². The van der Waals surface area contributed by atoms with E-state index in [1.807, 2.05) is 0 Å². The largest absolute Gasteiger partial charge is 0.310 e. The summed E-state index contributed by atoms with van der Waals surface area (Å²) >= 11 is 0. The summed E-state index contributed by atoms with van der Waals surface area (Å²) in [4.78, 5) is 0. The van der Waals surface area contributed by atoms with E-state index in [1.165, 1.54) is 73.7 Å². The Morgan fingerprint density at radius 2 is 1.44 bits per heavy atom. The van der Waals surface area contributed by atoms with Crippen molar-refractivity contribution < 1.29 is 0 Å². The summed E-state index contributed by atoms with van der Waals surface area (Å²) in [6, 6.07) is 11.8. The molecule has 0 amide bonds. The third-order valence-corrected chi connectivity index (χ3v) is 6.99. The Kier molecular flexibility index (Phi) is 4.60. The van der Waals surface area contributed by atoms with Gasteiger partial charge in [-0.1, -0.05) is 30.3 Å². The van der Waals surface area contributed by atoms with Crippen LogP contribution in [0.1, 0.15) is 57.8 Å². The van der Waals surface area contributed by atoms with Crippen molar-refractivity contribution in [2.45, 2.75) is 60.4 Å². The number of hydrogen-bond acceptors (Lipinski definition) is 1. The van der Waals surface area contributed by atoms with Crippen LogP contribution in [0.2, 0.25) is 0 Å². The molecular formula is C26H31N. The van der Waals surface area contributed by atoms with Gasteiger partial charge in [0.05, 0.1) is 0 Å². The van der Waals surface area contributed by atoms with Crippen molar-refractivity contribution in [3.63, 3.8) is 0 Å². The minimum Gasteiger partial charge on any atom is -0.310 e. The summed E-state index contributed by atoms with van der Waals surface area (Å²) in [7, 11) is 0. The van der Waals surface area contributed by atoms with Crippen molar-refractivity contribution in [1.82, 2.24) is 5.32 Å². The van der Waals surface area contributed by atoms with Crippen molar-refractivity contribution in [3.8, 4) is 11.1 Å². The quantitative estimate of drug-likeness (QED) is 0.533. The molecule has 0 aromatic heterocycles. The fourth-order valence-corrected chi connectivity index (χ4v) is 4.92. The van der Waals surface area contributed by atoms with Crippen molar-refractivity contribution in [1.29, 1.82) is 0 Å². The second kappa shape index (κ2) is 6.80. The molecule has 1 aliphatic rings. The summed E-state index contributed by atoms with van der Waals surface area (Å²) in [5, 5.41) is 6.53. The fraction of sp³-hybridized carbons (Fsp3) is 0.385. The van der Waals surface area contributed by atoms with Crippen LogP contribution in [-0.2, 0) is 0 Å². The lowest BCUT2D eigenvalue weighted by Gasteiger charge is -2.26. The third kappa shape index (κ3) is 2.80. The minimum atomic E-state index is 0.471. The molecule has 1 unspecified atom stereocenters. The Morgan fingerprint density at radius 3 is 2.11 bits per heavy atom. The van der Waals surface area contributed by atoms with Crippen LogP contribution < -0.4 is 5.32 Å². The topological polar surface area (TPSA) is 12.0 Å². The number of benzene rings is 3. The van der Waals surface area contributed by atoms with Crippen molar-refractivity contribution in [2.24, 2.45) is 0 Å². The molecule has 0 bridgehead atoms. The minimum absolute atomic E-state index is 0.471. The molecule has 0 spiro atoms. The van der Waals surface area contributed by atoms with Crippen LogP contribution >= 0.6 is 0 Å². The molecule has 1 aliphatic heterocycles. The van der Waals surface area contributed by atoms with Crippen LogP contribution in [-0.4, -0.2) is 6.54 Å². The van der Waals surface area contributed by atoms with Crippen molar-refractivity contribution in [3.05, 3.63) is 69.3 Å². The summed E-state index contributed by atoms with van der Waals surface area (Å²) in [6.45, 7) is 14.8. The van der Waals surface area contributed by atoms with E-state index in [0.717, 1.165) is 6.54 Å². The zero-order valence-corrected chi connectivity index (χ0v) is 17.6. The van der Waals surface area contributed by atoms with E-state index in [0.29, 0.717) is 6.04 Å². The summed E-state index contributed by atoms with van der Waals surface area (Å²) in [5.74, 6) is 0. The Hall–Kier alpha value is -2.12. The van der Waals surface area contributed by atoms with E-state index in [9.17, 15) is 0 Å². The maximum atomic E-state index is 3.77. The number of fused-ring (bicyclic) bond motifs is 1. The molecule has 0 radical (unpaired) electrons. The second-order valence-electron chi connectivity index (χ2n) is 8.35. The highest BCUT2D eigenvalue weighted by molar-refractivity contribution is 6.01. The average Bonchev–Trinajstić information content (AvgIpc) is 3.20. The molecule has 3 aromatic carbocycles. The highest BCUT2D eigenvalue weighted by atomic mass is 14.9. The standard InChI is InChI=1S/C26H31N/c1-15-14-23(22-11-8-7-10-21(22)16(15)2)25-19(5)17(3)18(4)20(6)26(25)24-12-9-13-27-24/h7-8,10-11,14,24,27H,9,12-13H2,1-6H3. The molecule has 1 heterocycles. The molecule has 0 saturated carbocycles. The van der Waals surface area contributed by atoms with Gasteiger partial charge in [0.25, 0.3) is 0 Å². The van der Waals surface area contributed by atoms with Crippen LogP contribution in [0.25, 0.3) is 21.9 Å². The predicted molar refractivity (Wildman–Crippen MR) is 118 cm³/mol. The van der Waals surface area contributed by atoms with Gasteiger partial charge < -0.3 is 5.32 Å². The maximum absolute atomic E-state index is 3.77. The predicted octanol–water partition coefficient (Wildman–Crippen LogP) is 6.78. The zero-order chi connectivity index (χ0) is 19.3. The molecule has 0 aliphatic carbocycles. The number of nitrogens with one attached hydrogen (secondary N) is 1. The van der Waals surface area contributed by atoms with Crippen LogP contribution in [0, 0.1) is 41.5 Å². The SMILES string of the molecule is Cc1cc(-c2c(C)c(C)c(C)c(C)c2C2CCCN2)c2ccccc2c1C. The number of rotatable bonds is 2. The van der Waals surface area contributed by atoms with E-state index in [4.69, 9.17) is 0 Å². The fourth-order valence-electron chi connectivity index (χ4n) is 4.92. The van der Waals surface area contributed by atoms with Crippen molar-refractivity contribution in [2.75, 3.05) is 6.54 Å². The Bertz CT molecular complexity index is 1040. The van der Waals surface area contributed by atoms with E-state index in [2.05, 4.69) is 77.2 Å². The molecule has 1 atom stereocenters. The van der Waals surface area contributed by atoms with E-state index < -0.39 is 0 Å². The van der Waals surface area contributed by atoms with Gasteiger partial charge >= 0.3 is 0 Å². The molecule has 27 heavy (non-hydrogen) atoms. The highest BCUT2D eigenvalue weighted by Gasteiger charge is 2.26. The van der Waals surface area contributed by atoms with Gasteiger partial charge in [-0.2, -0.15) is 0 Å². The normalized spacial score (nSPS) is 17.0. The first-order chi connectivity index (χ1) is 12.9. The first-order valence-corrected chi connectivity index (χ1v) is 10.2. The highest BCUT2D eigenvalue weighted by Crippen LogP contribution is 2.43. The average molecular weight is 358 g/mol.